The zero-order chi connectivity index (χ0) is 14.7. The van der Waals surface area contributed by atoms with Crippen molar-refractivity contribution in [2.24, 2.45) is 5.73 Å². The fourth-order valence-corrected chi connectivity index (χ4v) is 3.13. The summed E-state index contributed by atoms with van der Waals surface area (Å²) in [6, 6.07) is 5.72. The molecule has 2 amide bonds. The van der Waals surface area contributed by atoms with E-state index in [1.807, 2.05) is 12.1 Å². The Balaban J connectivity index is 1.92. The quantitative estimate of drug-likeness (QED) is 0.900. The second-order valence-corrected chi connectivity index (χ2v) is 6.00. The smallest absolute Gasteiger partial charge is 0.314 e. The van der Waals surface area contributed by atoms with Gasteiger partial charge in [-0.25, -0.2) is 4.79 Å². The predicted octanol–water partition coefficient (Wildman–Crippen LogP) is 3.19. The van der Waals surface area contributed by atoms with Crippen LogP contribution in [-0.4, -0.2) is 30.1 Å². The normalized spacial score (nSPS) is 18.1. The fourth-order valence-electron chi connectivity index (χ4n) is 2.56. The molecule has 0 spiro atoms. The van der Waals surface area contributed by atoms with Crippen molar-refractivity contribution in [3.63, 3.8) is 0 Å². The number of nitrogens with two attached hydrogens (primary N) is 1. The number of nitrogens with one attached hydrogen (secondary N) is 1. The predicted molar refractivity (Wildman–Crippen MR) is 82.2 cm³/mol. The standard InChI is InChI=1S/C14H19Cl2N3O/c1-9(12-3-2-10(15)8-13(12)16)18-11-4-6-19(7-5-11)14(17)20/h2-3,8-9,11,18H,4-7H2,1H3,(H2,17,20). The first-order chi connectivity index (χ1) is 9.47. The zero-order valence-electron chi connectivity index (χ0n) is 11.4. The Morgan fingerprint density at radius 1 is 1.40 bits per heavy atom. The Hall–Kier alpha value is -0.970. The Morgan fingerprint density at radius 2 is 2.05 bits per heavy atom. The van der Waals surface area contributed by atoms with E-state index >= 15 is 0 Å². The van der Waals surface area contributed by atoms with E-state index in [1.165, 1.54) is 0 Å². The molecule has 3 N–H and O–H groups in total. The van der Waals surface area contributed by atoms with Crippen LogP contribution in [0.1, 0.15) is 31.4 Å². The van der Waals surface area contributed by atoms with Gasteiger partial charge in [-0.05, 0) is 37.5 Å². The third-order valence-electron chi connectivity index (χ3n) is 3.72. The van der Waals surface area contributed by atoms with Gasteiger partial charge in [0.15, 0.2) is 0 Å². The molecule has 0 saturated carbocycles. The Bertz CT molecular complexity index is 487. The van der Waals surface area contributed by atoms with E-state index in [-0.39, 0.29) is 12.1 Å². The number of carbonyl (C=O) groups is 1. The minimum Gasteiger partial charge on any atom is -0.351 e. The molecule has 1 aromatic rings. The van der Waals surface area contributed by atoms with Crippen molar-refractivity contribution in [3.8, 4) is 0 Å². The molecule has 1 aliphatic heterocycles. The van der Waals surface area contributed by atoms with Gasteiger partial charge >= 0.3 is 6.03 Å². The van der Waals surface area contributed by atoms with Crippen LogP contribution in [0.5, 0.6) is 0 Å². The van der Waals surface area contributed by atoms with E-state index in [0.717, 1.165) is 18.4 Å². The van der Waals surface area contributed by atoms with Gasteiger partial charge in [-0.2, -0.15) is 0 Å². The monoisotopic (exact) mass is 315 g/mol. The topological polar surface area (TPSA) is 58.4 Å². The number of halogens is 2. The summed E-state index contributed by atoms with van der Waals surface area (Å²) in [5.74, 6) is 0. The molecule has 6 heteroatoms. The van der Waals surface area contributed by atoms with Crippen LogP contribution in [-0.2, 0) is 0 Å². The highest BCUT2D eigenvalue weighted by Gasteiger charge is 2.23. The SMILES string of the molecule is CC(NC1CCN(C(N)=O)CC1)c1ccc(Cl)cc1Cl. The number of piperidine rings is 1. The van der Waals surface area contributed by atoms with Crippen molar-refractivity contribution in [2.45, 2.75) is 31.8 Å². The van der Waals surface area contributed by atoms with Crippen LogP contribution < -0.4 is 11.1 Å². The Morgan fingerprint density at radius 3 is 2.60 bits per heavy atom. The zero-order valence-corrected chi connectivity index (χ0v) is 12.9. The van der Waals surface area contributed by atoms with E-state index in [9.17, 15) is 4.79 Å². The van der Waals surface area contributed by atoms with Gasteiger partial charge in [-0.1, -0.05) is 29.3 Å². The molecule has 110 valence electrons. The molecule has 4 nitrogen and oxygen atoms in total. The lowest BCUT2D eigenvalue weighted by Gasteiger charge is -2.33. The van der Waals surface area contributed by atoms with Gasteiger partial charge in [0.05, 0.1) is 0 Å². The maximum Gasteiger partial charge on any atom is 0.314 e. The summed E-state index contributed by atoms with van der Waals surface area (Å²) < 4.78 is 0. The second kappa shape index (κ2) is 6.66. The minimum absolute atomic E-state index is 0.143. The van der Waals surface area contributed by atoms with Crippen molar-refractivity contribution in [2.75, 3.05) is 13.1 Å². The molecular weight excluding hydrogens is 297 g/mol. The average Bonchev–Trinajstić information content (AvgIpc) is 2.39. The average molecular weight is 316 g/mol. The molecule has 1 saturated heterocycles. The minimum atomic E-state index is -0.336. The number of urea groups is 1. The number of amides is 2. The van der Waals surface area contributed by atoms with E-state index in [4.69, 9.17) is 28.9 Å². The van der Waals surface area contributed by atoms with Gasteiger partial charge in [0.1, 0.15) is 0 Å². The van der Waals surface area contributed by atoms with Gasteiger partial charge in [-0.3, -0.25) is 0 Å². The van der Waals surface area contributed by atoms with Gasteiger partial charge in [0.2, 0.25) is 0 Å². The number of likely N-dealkylation sites (tertiary alicyclic amines) is 1. The summed E-state index contributed by atoms with van der Waals surface area (Å²) in [5.41, 5.74) is 6.31. The third kappa shape index (κ3) is 3.78. The third-order valence-corrected chi connectivity index (χ3v) is 4.28. The highest BCUT2D eigenvalue weighted by atomic mass is 35.5. The van der Waals surface area contributed by atoms with E-state index in [1.54, 1.807) is 11.0 Å². The number of primary amides is 1. The summed E-state index contributed by atoms with van der Waals surface area (Å²) in [5, 5.41) is 4.86. The molecule has 1 aliphatic rings. The van der Waals surface area contributed by atoms with Crippen LogP contribution >= 0.6 is 23.2 Å². The molecule has 0 bridgehead atoms. The molecule has 20 heavy (non-hydrogen) atoms. The molecule has 0 aliphatic carbocycles. The largest absolute Gasteiger partial charge is 0.351 e. The first kappa shape index (κ1) is 15.4. The van der Waals surface area contributed by atoms with Crippen molar-refractivity contribution in [1.82, 2.24) is 10.2 Å². The summed E-state index contributed by atoms with van der Waals surface area (Å²) in [6.45, 7) is 3.48. The maximum atomic E-state index is 11.1. The molecule has 1 atom stereocenters. The Kier molecular flexibility index (Phi) is 5.13. The lowest BCUT2D eigenvalue weighted by Crippen LogP contribution is -2.47. The van der Waals surface area contributed by atoms with Crippen molar-refractivity contribution < 1.29 is 4.79 Å². The highest BCUT2D eigenvalue weighted by molar-refractivity contribution is 6.35. The molecule has 1 unspecified atom stereocenters. The summed E-state index contributed by atoms with van der Waals surface area (Å²) >= 11 is 12.1. The van der Waals surface area contributed by atoms with E-state index < -0.39 is 0 Å². The molecular formula is C14H19Cl2N3O. The highest BCUT2D eigenvalue weighted by Crippen LogP contribution is 2.27. The number of hydrogen-bond acceptors (Lipinski definition) is 2. The van der Waals surface area contributed by atoms with Crippen LogP contribution in [0.4, 0.5) is 4.79 Å². The van der Waals surface area contributed by atoms with Gasteiger partial charge in [0.25, 0.3) is 0 Å². The summed E-state index contributed by atoms with van der Waals surface area (Å²) in [6.07, 6.45) is 1.80. The lowest BCUT2D eigenvalue weighted by molar-refractivity contribution is 0.183. The van der Waals surface area contributed by atoms with Crippen LogP contribution in [0.25, 0.3) is 0 Å². The molecule has 0 radical (unpaired) electrons. The number of nitrogens with zero attached hydrogens (tertiary/aromatic N) is 1. The fraction of sp³-hybridized carbons (Fsp3) is 0.500. The number of rotatable bonds is 3. The van der Waals surface area contributed by atoms with Gasteiger partial charge < -0.3 is 16.0 Å². The molecule has 1 heterocycles. The van der Waals surface area contributed by atoms with Crippen molar-refractivity contribution in [3.05, 3.63) is 33.8 Å². The maximum absolute atomic E-state index is 11.1. The summed E-state index contributed by atoms with van der Waals surface area (Å²) in [4.78, 5) is 12.8. The molecule has 1 aromatic carbocycles. The van der Waals surface area contributed by atoms with Crippen LogP contribution in [0.3, 0.4) is 0 Å². The number of hydrogen-bond donors (Lipinski definition) is 2. The number of carbonyl (C=O) groups excluding carboxylic acids is 1. The van der Waals surface area contributed by atoms with Crippen molar-refractivity contribution in [1.29, 1.82) is 0 Å². The first-order valence-electron chi connectivity index (χ1n) is 6.72. The first-order valence-corrected chi connectivity index (χ1v) is 7.48. The van der Waals surface area contributed by atoms with E-state index in [2.05, 4.69) is 12.2 Å². The molecule has 1 fully saturated rings. The number of benzene rings is 1. The van der Waals surface area contributed by atoms with Crippen LogP contribution in [0, 0.1) is 0 Å². The molecule has 2 rings (SSSR count). The van der Waals surface area contributed by atoms with Gasteiger partial charge in [0, 0.05) is 35.2 Å². The van der Waals surface area contributed by atoms with Crippen LogP contribution in [0.15, 0.2) is 18.2 Å². The molecule has 0 aromatic heterocycles. The van der Waals surface area contributed by atoms with Crippen LogP contribution in [0.2, 0.25) is 10.0 Å². The van der Waals surface area contributed by atoms with Crippen molar-refractivity contribution >= 4 is 29.2 Å². The second-order valence-electron chi connectivity index (χ2n) is 5.15. The van der Waals surface area contributed by atoms with Gasteiger partial charge in [-0.15, -0.1) is 0 Å². The Labute approximate surface area is 129 Å². The lowest BCUT2D eigenvalue weighted by atomic mass is 10.0. The summed E-state index contributed by atoms with van der Waals surface area (Å²) in [7, 11) is 0. The van der Waals surface area contributed by atoms with E-state index in [0.29, 0.717) is 29.2 Å².